The second-order valence-corrected chi connectivity index (χ2v) is 9.35. The van der Waals surface area contributed by atoms with Crippen molar-refractivity contribution in [3.05, 3.63) is 65.9 Å². The summed E-state index contributed by atoms with van der Waals surface area (Å²) >= 11 is 1.72. The Labute approximate surface area is 170 Å². The van der Waals surface area contributed by atoms with Gasteiger partial charge < -0.3 is 0 Å². The van der Waals surface area contributed by atoms with E-state index in [0.717, 1.165) is 26.2 Å². The molecule has 2 aromatic heterocycles. The van der Waals surface area contributed by atoms with Crippen molar-refractivity contribution in [2.75, 3.05) is 0 Å². The summed E-state index contributed by atoms with van der Waals surface area (Å²) in [5.41, 5.74) is 2.94. The van der Waals surface area contributed by atoms with E-state index < -0.39 is 17.7 Å². The average Bonchev–Trinajstić information content (AvgIpc) is 3.04. The molecule has 27 heavy (non-hydrogen) atoms. The lowest BCUT2D eigenvalue weighted by molar-refractivity contribution is 0.411. The summed E-state index contributed by atoms with van der Waals surface area (Å²) in [6, 6.07) is 16.2. The first-order chi connectivity index (χ1) is 13.9. The predicted molar refractivity (Wildman–Crippen MR) is 120 cm³/mol. The first-order valence-corrected chi connectivity index (χ1v) is 10.1. The third kappa shape index (κ3) is 3.64. The van der Waals surface area contributed by atoms with Gasteiger partial charge in [0, 0.05) is 36.0 Å². The Balaban J connectivity index is 1.91. The second-order valence-electron chi connectivity index (χ2n) is 8.30. The van der Waals surface area contributed by atoms with Gasteiger partial charge in [-0.1, -0.05) is 65.0 Å². The first-order valence-electron chi connectivity index (χ1n) is 10.8. The van der Waals surface area contributed by atoms with Gasteiger partial charge in [0.15, 0.2) is 0 Å². The minimum Gasteiger partial charge on any atom is -0.256 e. The van der Waals surface area contributed by atoms with Gasteiger partial charge in [-0.2, -0.15) is 0 Å². The van der Waals surface area contributed by atoms with E-state index in [0.29, 0.717) is 5.56 Å². The van der Waals surface area contributed by atoms with E-state index in [1.807, 2.05) is 52.8 Å². The fourth-order valence-electron chi connectivity index (χ4n) is 3.40. The number of hydrogen-bond acceptors (Lipinski definition) is 2. The van der Waals surface area contributed by atoms with Crippen molar-refractivity contribution in [3.8, 4) is 11.3 Å². The molecule has 0 N–H and O–H groups in total. The molecule has 0 saturated heterocycles. The van der Waals surface area contributed by atoms with Crippen LogP contribution in [0.2, 0.25) is 0 Å². The summed E-state index contributed by atoms with van der Waals surface area (Å²) in [6.45, 7) is 9.58. The monoisotopic (exact) mass is 376 g/mol. The van der Waals surface area contributed by atoms with E-state index in [4.69, 9.17) is 4.11 Å². The SMILES string of the molecule is [2H]C(C)(C)c1ccc2c(c1)sc1c(-c3cc(C([2H])([2H])C(C)(C)C)ccn3)cccc12. The number of thiophene rings is 1. The van der Waals surface area contributed by atoms with Crippen LogP contribution >= 0.6 is 11.3 Å². The molecule has 0 aliphatic heterocycles. The Hall–Kier alpha value is -2.19. The zero-order chi connectivity index (χ0) is 21.9. The molecule has 2 aromatic carbocycles. The van der Waals surface area contributed by atoms with E-state index >= 15 is 0 Å². The van der Waals surface area contributed by atoms with Crippen LogP contribution in [-0.4, -0.2) is 4.98 Å². The Morgan fingerprint density at radius 2 is 1.89 bits per heavy atom. The Kier molecular flexibility index (Phi) is 3.71. The fraction of sp³-hybridized carbons (Fsp3) is 0.320. The van der Waals surface area contributed by atoms with Crippen LogP contribution in [0.5, 0.6) is 0 Å². The highest BCUT2D eigenvalue weighted by atomic mass is 32.1. The molecule has 0 bridgehead atoms. The number of benzene rings is 2. The predicted octanol–water partition coefficient (Wildman–Crippen LogP) is 7.83. The van der Waals surface area contributed by atoms with Crippen LogP contribution in [0.1, 0.15) is 55.8 Å². The zero-order valence-electron chi connectivity index (χ0n) is 19.6. The maximum atomic E-state index is 8.63. The van der Waals surface area contributed by atoms with E-state index in [1.165, 1.54) is 10.8 Å². The van der Waals surface area contributed by atoms with Gasteiger partial charge in [-0.05, 0) is 47.0 Å². The molecule has 0 aliphatic rings. The van der Waals surface area contributed by atoms with Crippen LogP contribution in [-0.2, 0) is 6.37 Å². The lowest BCUT2D eigenvalue weighted by atomic mass is 9.88. The molecule has 0 fully saturated rings. The maximum Gasteiger partial charge on any atom is 0.0719 e. The van der Waals surface area contributed by atoms with Gasteiger partial charge in [-0.3, -0.25) is 4.98 Å². The molecule has 0 unspecified atom stereocenters. The van der Waals surface area contributed by atoms with Crippen LogP contribution in [0.3, 0.4) is 0 Å². The number of hydrogen-bond donors (Lipinski definition) is 0. The first kappa shape index (κ1) is 14.8. The van der Waals surface area contributed by atoms with Crippen LogP contribution in [0.4, 0.5) is 0 Å². The molecule has 0 aliphatic carbocycles. The third-order valence-corrected chi connectivity index (χ3v) is 5.83. The van der Waals surface area contributed by atoms with E-state index in [9.17, 15) is 0 Å². The topological polar surface area (TPSA) is 12.9 Å². The Morgan fingerprint density at radius 1 is 1.07 bits per heavy atom. The minimum atomic E-state index is -1.46. The van der Waals surface area contributed by atoms with E-state index in [1.54, 1.807) is 23.6 Å². The van der Waals surface area contributed by atoms with Crippen molar-refractivity contribution in [1.82, 2.24) is 4.98 Å². The van der Waals surface area contributed by atoms with Gasteiger partial charge in [0.05, 0.1) is 5.69 Å². The number of nitrogens with zero attached hydrogens (tertiary/aromatic N) is 1. The summed E-state index contributed by atoms with van der Waals surface area (Å²) in [5.74, 6) is -0.637. The van der Waals surface area contributed by atoms with Gasteiger partial charge in [0.25, 0.3) is 0 Å². The summed E-state index contributed by atoms with van der Waals surface area (Å²) in [4.78, 5) is 4.59. The quantitative estimate of drug-likeness (QED) is 0.355. The highest BCUT2D eigenvalue weighted by Crippen LogP contribution is 2.40. The smallest absolute Gasteiger partial charge is 0.0719 e. The molecule has 0 amide bonds. The molecule has 0 saturated carbocycles. The van der Waals surface area contributed by atoms with Crippen molar-refractivity contribution in [3.63, 3.8) is 0 Å². The molecule has 0 spiro atoms. The number of pyridine rings is 1. The van der Waals surface area contributed by atoms with Gasteiger partial charge in [0.2, 0.25) is 0 Å². The summed E-state index contributed by atoms with van der Waals surface area (Å²) in [5, 5.41) is 2.36. The molecule has 4 aromatic rings. The number of aromatic nitrogens is 1. The third-order valence-electron chi connectivity index (χ3n) is 4.63. The average molecular weight is 377 g/mol. The van der Waals surface area contributed by atoms with Gasteiger partial charge >= 0.3 is 0 Å². The zero-order valence-corrected chi connectivity index (χ0v) is 17.4. The highest BCUT2D eigenvalue weighted by Gasteiger charge is 2.15. The van der Waals surface area contributed by atoms with E-state index in [-0.39, 0.29) is 0 Å². The molecule has 0 atom stereocenters. The molecule has 138 valence electrons. The molecule has 4 rings (SSSR count). The van der Waals surface area contributed by atoms with Crippen molar-refractivity contribution in [1.29, 1.82) is 0 Å². The highest BCUT2D eigenvalue weighted by molar-refractivity contribution is 7.26. The van der Waals surface area contributed by atoms with Crippen LogP contribution in [0, 0.1) is 5.41 Å². The lowest BCUT2D eigenvalue weighted by Crippen LogP contribution is -2.09. The number of rotatable bonds is 3. The van der Waals surface area contributed by atoms with Gasteiger partial charge in [0.1, 0.15) is 0 Å². The molecule has 1 nitrogen and oxygen atoms in total. The molecular formula is C25H27NS. The maximum absolute atomic E-state index is 8.63. The van der Waals surface area contributed by atoms with Crippen LogP contribution in [0.15, 0.2) is 54.7 Å². The number of fused-ring (bicyclic) bond motifs is 3. The standard InChI is InChI=1S/C25H27NS/c1-16(2)18-9-10-19-20-7-6-8-21(24(20)27-23(19)14-18)22-13-17(11-12-26-22)15-25(3,4)5/h6-14,16H,15H2,1-5H3/i15D2,16D. The summed E-state index contributed by atoms with van der Waals surface area (Å²) in [7, 11) is 0. The summed E-state index contributed by atoms with van der Waals surface area (Å²) in [6.07, 6.45) is 0.245. The van der Waals surface area contributed by atoms with Crippen LogP contribution < -0.4 is 0 Å². The normalized spacial score (nSPS) is 14.9. The van der Waals surface area contributed by atoms with Crippen molar-refractivity contribution in [2.45, 2.75) is 46.9 Å². The van der Waals surface area contributed by atoms with Crippen molar-refractivity contribution < 1.29 is 4.11 Å². The lowest BCUT2D eigenvalue weighted by Gasteiger charge is -2.18. The van der Waals surface area contributed by atoms with Gasteiger partial charge in [-0.15, -0.1) is 11.3 Å². The molecule has 2 heteroatoms. The molecule has 2 heterocycles. The Morgan fingerprint density at radius 3 is 2.63 bits per heavy atom. The largest absolute Gasteiger partial charge is 0.256 e. The van der Waals surface area contributed by atoms with Gasteiger partial charge in [-0.25, -0.2) is 0 Å². The minimum absolute atomic E-state index is 0.519. The van der Waals surface area contributed by atoms with Crippen molar-refractivity contribution >= 4 is 31.5 Å². The van der Waals surface area contributed by atoms with E-state index in [2.05, 4.69) is 29.2 Å². The summed E-state index contributed by atoms with van der Waals surface area (Å²) < 4.78 is 27.9. The second kappa shape index (κ2) is 6.76. The Bertz CT molecular complexity index is 1240. The van der Waals surface area contributed by atoms with Crippen molar-refractivity contribution in [2.24, 2.45) is 5.41 Å². The van der Waals surface area contributed by atoms with Crippen LogP contribution in [0.25, 0.3) is 31.4 Å². The molecular weight excluding hydrogens is 346 g/mol. The fourth-order valence-corrected chi connectivity index (χ4v) is 4.66. The molecule has 0 radical (unpaired) electrons.